The molecule has 1 N–H and O–H groups in total. The minimum Gasteiger partial charge on any atom is -0.440 e. The van der Waals surface area contributed by atoms with E-state index in [0.717, 1.165) is 33.8 Å². The van der Waals surface area contributed by atoms with Gasteiger partial charge in [-0.2, -0.15) is 0 Å². The molecular weight excluding hydrogens is 392 g/mol. The second-order valence-corrected chi connectivity index (χ2v) is 7.83. The number of nitrogens with one attached hydrogen (secondary N) is 1. The molecule has 31 heavy (non-hydrogen) atoms. The molecule has 3 heterocycles. The molecule has 1 aromatic carbocycles. The summed E-state index contributed by atoms with van der Waals surface area (Å²) >= 11 is 0. The van der Waals surface area contributed by atoms with Gasteiger partial charge in [0, 0.05) is 37.7 Å². The quantitative estimate of drug-likeness (QED) is 0.648. The van der Waals surface area contributed by atoms with Crippen LogP contribution in [0, 0.1) is 13.8 Å². The average Bonchev–Trinajstić information content (AvgIpc) is 3.08. The SMILES string of the molecule is CCN(CC)C(=O)O[C@@H]1[C@@H](c2ccccc2)Nc2c(ccn3c(C)c(C)nc23)[C@@H]1OC. The van der Waals surface area contributed by atoms with E-state index in [-0.39, 0.29) is 12.1 Å². The Bertz CT molecular complexity index is 1080. The molecule has 0 radical (unpaired) electrons. The number of amides is 1. The van der Waals surface area contributed by atoms with Crippen molar-refractivity contribution >= 4 is 17.4 Å². The normalized spacial score (nSPS) is 20.2. The number of pyridine rings is 1. The third-order valence-electron chi connectivity index (χ3n) is 6.21. The maximum Gasteiger partial charge on any atom is 0.410 e. The number of ether oxygens (including phenoxy) is 2. The Morgan fingerprint density at radius 3 is 2.52 bits per heavy atom. The van der Waals surface area contributed by atoms with E-state index in [4.69, 9.17) is 14.5 Å². The van der Waals surface area contributed by atoms with E-state index < -0.39 is 12.2 Å². The lowest BCUT2D eigenvalue weighted by Gasteiger charge is -2.40. The number of fused-ring (bicyclic) bond motifs is 3. The highest BCUT2D eigenvalue weighted by atomic mass is 16.6. The van der Waals surface area contributed by atoms with Crippen LogP contribution in [0.1, 0.15) is 48.5 Å². The second-order valence-electron chi connectivity index (χ2n) is 7.83. The third-order valence-corrected chi connectivity index (χ3v) is 6.21. The molecule has 0 spiro atoms. The minimum absolute atomic E-state index is 0.276. The molecule has 1 amide bonds. The van der Waals surface area contributed by atoms with Crippen LogP contribution in [0.25, 0.3) is 5.65 Å². The van der Waals surface area contributed by atoms with E-state index in [1.54, 1.807) is 12.0 Å². The molecule has 0 bridgehead atoms. The Labute approximate surface area is 183 Å². The molecule has 0 saturated carbocycles. The van der Waals surface area contributed by atoms with Gasteiger partial charge in [0.2, 0.25) is 0 Å². The number of nitrogens with zero attached hydrogens (tertiary/aromatic N) is 3. The van der Waals surface area contributed by atoms with Gasteiger partial charge >= 0.3 is 6.09 Å². The van der Waals surface area contributed by atoms with Crippen molar-refractivity contribution in [2.75, 3.05) is 25.5 Å². The van der Waals surface area contributed by atoms with Crippen molar-refractivity contribution < 1.29 is 14.3 Å². The smallest absolute Gasteiger partial charge is 0.410 e. The topological polar surface area (TPSA) is 68.1 Å². The molecule has 164 valence electrons. The van der Waals surface area contributed by atoms with Gasteiger partial charge in [-0.05, 0) is 39.3 Å². The van der Waals surface area contributed by atoms with Crippen molar-refractivity contribution in [3.63, 3.8) is 0 Å². The second kappa shape index (κ2) is 8.59. The van der Waals surface area contributed by atoms with Crippen LogP contribution in [0.4, 0.5) is 10.5 Å². The maximum atomic E-state index is 12.9. The van der Waals surface area contributed by atoms with Crippen molar-refractivity contribution in [1.29, 1.82) is 0 Å². The first kappa shape index (κ1) is 21.2. The van der Waals surface area contributed by atoms with E-state index in [1.165, 1.54) is 0 Å². The van der Waals surface area contributed by atoms with Crippen LogP contribution in [0.2, 0.25) is 0 Å². The molecular formula is C24H30N4O3. The van der Waals surface area contributed by atoms with Crippen LogP contribution in [0.3, 0.4) is 0 Å². The summed E-state index contributed by atoms with van der Waals surface area (Å²) in [6.45, 7) is 9.14. The largest absolute Gasteiger partial charge is 0.440 e. The summed E-state index contributed by atoms with van der Waals surface area (Å²) < 4.78 is 14.1. The summed E-state index contributed by atoms with van der Waals surface area (Å²) in [6.07, 6.45) is 0.705. The highest BCUT2D eigenvalue weighted by Gasteiger charge is 2.42. The number of rotatable bonds is 5. The number of methoxy groups -OCH3 is 1. The van der Waals surface area contributed by atoms with Crippen molar-refractivity contribution in [3.8, 4) is 0 Å². The van der Waals surface area contributed by atoms with Gasteiger partial charge in [0.05, 0.1) is 17.4 Å². The molecule has 3 aromatic rings. The summed E-state index contributed by atoms with van der Waals surface area (Å²) in [7, 11) is 1.66. The number of anilines is 1. The van der Waals surface area contributed by atoms with Gasteiger partial charge in [-0.1, -0.05) is 30.3 Å². The average molecular weight is 423 g/mol. The van der Waals surface area contributed by atoms with Gasteiger partial charge in [-0.25, -0.2) is 9.78 Å². The number of carbonyl (C=O) groups excluding carboxylic acids is 1. The van der Waals surface area contributed by atoms with Crippen molar-refractivity contribution in [3.05, 3.63) is 65.1 Å². The molecule has 2 aromatic heterocycles. The molecule has 0 fully saturated rings. The molecule has 0 saturated heterocycles. The highest BCUT2D eigenvalue weighted by Crippen LogP contribution is 2.44. The van der Waals surface area contributed by atoms with E-state index in [2.05, 4.69) is 16.6 Å². The van der Waals surface area contributed by atoms with Gasteiger partial charge in [-0.15, -0.1) is 0 Å². The molecule has 4 rings (SSSR count). The maximum absolute atomic E-state index is 12.9. The number of aryl methyl sites for hydroxylation is 2. The van der Waals surface area contributed by atoms with Crippen LogP contribution in [-0.4, -0.2) is 46.7 Å². The number of benzene rings is 1. The van der Waals surface area contributed by atoms with Crippen LogP contribution >= 0.6 is 0 Å². The van der Waals surface area contributed by atoms with Gasteiger partial charge in [0.1, 0.15) is 6.10 Å². The standard InChI is InChI=1S/C24H30N4O3/c1-6-27(7-2)24(29)31-22-19(17-11-9-8-10-12-17)26-20-18(21(22)30-5)13-14-28-16(4)15(3)25-23(20)28/h8-14,19,21-22,26H,6-7H2,1-5H3/t19-,21+,22-/m1/s1. The lowest BCUT2D eigenvalue weighted by molar-refractivity contribution is -0.0455. The Hall–Kier alpha value is -3.06. The first-order valence-corrected chi connectivity index (χ1v) is 10.8. The Morgan fingerprint density at radius 2 is 1.87 bits per heavy atom. The number of carbonyl (C=O) groups is 1. The minimum atomic E-state index is -0.535. The first-order valence-electron chi connectivity index (χ1n) is 10.8. The van der Waals surface area contributed by atoms with Crippen LogP contribution in [-0.2, 0) is 9.47 Å². The van der Waals surface area contributed by atoms with Gasteiger partial charge in [0.25, 0.3) is 0 Å². The highest BCUT2D eigenvalue weighted by molar-refractivity contribution is 5.76. The fourth-order valence-corrected chi connectivity index (χ4v) is 4.32. The molecule has 7 heteroatoms. The fraction of sp³-hybridized carbons (Fsp3) is 0.417. The number of imidazole rings is 1. The van der Waals surface area contributed by atoms with E-state index in [9.17, 15) is 4.79 Å². The lowest BCUT2D eigenvalue weighted by Crippen LogP contribution is -2.43. The number of aromatic nitrogens is 2. The molecule has 0 aliphatic carbocycles. The van der Waals surface area contributed by atoms with Gasteiger partial charge in [0.15, 0.2) is 11.8 Å². The Morgan fingerprint density at radius 1 is 1.16 bits per heavy atom. The van der Waals surface area contributed by atoms with Crippen LogP contribution < -0.4 is 5.32 Å². The molecule has 7 nitrogen and oxygen atoms in total. The summed E-state index contributed by atoms with van der Waals surface area (Å²) in [6, 6.07) is 11.8. The monoisotopic (exact) mass is 422 g/mol. The summed E-state index contributed by atoms with van der Waals surface area (Å²) in [4.78, 5) is 19.4. The molecule has 3 atom stereocenters. The molecule has 1 aliphatic rings. The van der Waals surface area contributed by atoms with Crippen molar-refractivity contribution in [2.45, 2.75) is 45.9 Å². The predicted octanol–water partition coefficient (Wildman–Crippen LogP) is 4.65. The summed E-state index contributed by atoms with van der Waals surface area (Å²) in [5, 5.41) is 3.63. The Balaban J connectivity index is 1.84. The van der Waals surface area contributed by atoms with Gasteiger partial charge in [-0.3, -0.25) is 0 Å². The number of hydrogen-bond acceptors (Lipinski definition) is 5. The van der Waals surface area contributed by atoms with E-state index in [1.807, 2.05) is 63.4 Å². The zero-order valence-corrected chi connectivity index (χ0v) is 18.8. The van der Waals surface area contributed by atoms with E-state index in [0.29, 0.717) is 13.1 Å². The van der Waals surface area contributed by atoms with Crippen LogP contribution in [0.5, 0.6) is 0 Å². The molecule has 1 aliphatic heterocycles. The van der Waals surface area contributed by atoms with Crippen molar-refractivity contribution in [1.82, 2.24) is 14.3 Å². The zero-order valence-electron chi connectivity index (χ0n) is 18.8. The third kappa shape index (κ3) is 3.63. The first-order chi connectivity index (χ1) is 15.0. The van der Waals surface area contributed by atoms with E-state index >= 15 is 0 Å². The van der Waals surface area contributed by atoms with Gasteiger partial charge < -0.3 is 24.1 Å². The van der Waals surface area contributed by atoms with Crippen LogP contribution in [0.15, 0.2) is 42.6 Å². The lowest BCUT2D eigenvalue weighted by atomic mass is 9.88. The number of hydrogen-bond donors (Lipinski definition) is 1. The summed E-state index contributed by atoms with van der Waals surface area (Å²) in [5.74, 6) is 0. The Kier molecular flexibility index (Phi) is 5.87. The fourth-order valence-electron chi connectivity index (χ4n) is 4.32. The molecule has 0 unspecified atom stereocenters. The predicted molar refractivity (Wildman–Crippen MR) is 120 cm³/mol. The zero-order chi connectivity index (χ0) is 22.1. The van der Waals surface area contributed by atoms with Crippen molar-refractivity contribution in [2.24, 2.45) is 0 Å². The summed E-state index contributed by atoms with van der Waals surface area (Å²) in [5.41, 5.74) is 5.80.